The fourth-order valence-corrected chi connectivity index (χ4v) is 2.66. The van der Waals surface area contributed by atoms with Crippen molar-refractivity contribution in [1.82, 2.24) is 4.98 Å². The number of carbonyl (C=O) groups is 1. The van der Waals surface area contributed by atoms with Crippen molar-refractivity contribution in [3.63, 3.8) is 0 Å². The number of nitro groups is 1. The standard InChI is InChI=1S/C18H14N2O6/c1-25-12-7-15-17(16(8-12)26-2)13(18(21)22)9-14(19-15)10-3-5-11(6-4-10)20(23)24/h3-9H,1-2H3,(H,21,22). The van der Waals surface area contributed by atoms with Crippen molar-refractivity contribution in [2.75, 3.05) is 14.2 Å². The first kappa shape index (κ1) is 17.2. The number of benzene rings is 2. The summed E-state index contributed by atoms with van der Waals surface area (Å²) >= 11 is 0. The first-order valence-corrected chi connectivity index (χ1v) is 7.49. The number of nitro benzene ring substituents is 1. The Morgan fingerprint density at radius 2 is 1.81 bits per heavy atom. The zero-order valence-electron chi connectivity index (χ0n) is 13.9. The Hall–Kier alpha value is -3.68. The van der Waals surface area contributed by atoms with Gasteiger partial charge >= 0.3 is 5.97 Å². The molecule has 0 saturated heterocycles. The second-order valence-corrected chi connectivity index (χ2v) is 5.39. The average Bonchev–Trinajstić information content (AvgIpc) is 2.65. The summed E-state index contributed by atoms with van der Waals surface area (Å²) in [4.78, 5) is 26.5. The van der Waals surface area contributed by atoms with E-state index in [2.05, 4.69) is 4.98 Å². The Bertz CT molecular complexity index is 1010. The average molecular weight is 354 g/mol. The molecule has 0 amide bonds. The lowest BCUT2D eigenvalue weighted by molar-refractivity contribution is -0.384. The zero-order chi connectivity index (χ0) is 18.8. The van der Waals surface area contributed by atoms with E-state index in [0.29, 0.717) is 33.7 Å². The molecule has 26 heavy (non-hydrogen) atoms. The van der Waals surface area contributed by atoms with Gasteiger partial charge in [-0.15, -0.1) is 0 Å². The van der Waals surface area contributed by atoms with Crippen molar-refractivity contribution in [2.45, 2.75) is 0 Å². The van der Waals surface area contributed by atoms with Crippen molar-refractivity contribution < 1.29 is 24.3 Å². The van der Waals surface area contributed by atoms with Crippen LogP contribution in [0.15, 0.2) is 42.5 Å². The predicted molar refractivity (Wildman–Crippen MR) is 93.9 cm³/mol. The molecule has 0 spiro atoms. The van der Waals surface area contributed by atoms with E-state index < -0.39 is 10.9 Å². The fourth-order valence-electron chi connectivity index (χ4n) is 2.66. The zero-order valence-corrected chi connectivity index (χ0v) is 13.9. The molecule has 1 aromatic heterocycles. The molecule has 0 aliphatic carbocycles. The maximum absolute atomic E-state index is 11.8. The Balaban J connectivity index is 2.27. The summed E-state index contributed by atoms with van der Waals surface area (Å²) in [6, 6.07) is 10.3. The third kappa shape index (κ3) is 3.00. The van der Waals surface area contributed by atoms with Crippen LogP contribution >= 0.6 is 0 Å². The van der Waals surface area contributed by atoms with Gasteiger partial charge in [0.05, 0.1) is 41.3 Å². The summed E-state index contributed by atoms with van der Waals surface area (Å²) < 4.78 is 10.5. The monoisotopic (exact) mass is 354 g/mol. The highest BCUT2D eigenvalue weighted by Crippen LogP contribution is 2.35. The molecule has 0 aliphatic heterocycles. The van der Waals surface area contributed by atoms with Gasteiger partial charge in [-0.3, -0.25) is 10.1 Å². The van der Waals surface area contributed by atoms with Gasteiger partial charge in [0.2, 0.25) is 0 Å². The minimum Gasteiger partial charge on any atom is -0.497 e. The van der Waals surface area contributed by atoms with E-state index in [-0.39, 0.29) is 11.3 Å². The topological polar surface area (TPSA) is 112 Å². The molecular weight excluding hydrogens is 340 g/mol. The van der Waals surface area contributed by atoms with E-state index in [4.69, 9.17) is 9.47 Å². The summed E-state index contributed by atoms with van der Waals surface area (Å²) in [5.41, 5.74) is 1.27. The molecule has 1 N–H and O–H groups in total. The highest BCUT2D eigenvalue weighted by molar-refractivity contribution is 6.06. The number of carboxylic acid groups (broad SMARTS) is 1. The molecule has 2 aromatic carbocycles. The summed E-state index contributed by atoms with van der Waals surface area (Å²) in [6.45, 7) is 0. The van der Waals surface area contributed by atoms with E-state index in [1.807, 2.05) is 0 Å². The molecule has 0 aliphatic rings. The van der Waals surface area contributed by atoms with Gasteiger partial charge in [0, 0.05) is 29.8 Å². The molecule has 0 bridgehead atoms. The molecule has 0 saturated carbocycles. The number of hydrogen-bond donors (Lipinski definition) is 1. The molecule has 8 nitrogen and oxygen atoms in total. The number of methoxy groups -OCH3 is 2. The Morgan fingerprint density at radius 3 is 2.35 bits per heavy atom. The second-order valence-electron chi connectivity index (χ2n) is 5.39. The van der Waals surface area contributed by atoms with Crippen LogP contribution in [0, 0.1) is 10.1 Å². The number of aromatic carboxylic acids is 1. The summed E-state index contributed by atoms with van der Waals surface area (Å²) in [7, 11) is 2.92. The van der Waals surface area contributed by atoms with Gasteiger partial charge in [-0.25, -0.2) is 9.78 Å². The molecule has 1 heterocycles. The van der Waals surface area contributed by atoms with Gasteiger partial charge in [-0.1, -0.05) is 0 Å². The second kappa shape index (κ2) is 6.67. The molecule has 0 atom stereocenters. The van der Waals surface area contributed by atoms with Crippen molar-refractivity contribution in [3.8, 4) is 22.8 Å². The van der Waals surface area contributed by atoms with Crippen LogP contribution in [-0.2, 0) is 0 Å². The maximum Gasteiger partial charge on any atom is 0.336 e. The van der Waals surface area contributed by atoms with E-state index in [1.165, 1.54) is 44.6 Å². The van der Waals surface area contributed by atoms with Crippen LogP contribution in [0.1, 0.15) is 10.4 Å². The lowest BCUT2D eigenvalue weighted by Crippen LogP contribution is -2.02. The van der Waals surface area contributed by atoms with Crippen molar-refractivity contribution in [1.29, 1.82) is 0 Å². The maximum atomic E-state index is 11.8. The predicted octanol–water partition coefficient (Wildman–Crippen LogP) is 3.53. The van der Waals surface area contributed by atoms with E-state index >= 15 is 0 Å². The van der Waals surface area contributed by atoms with Crippen LogP contribution in [0.5, 0.6) is 11.5 Å². The summed E-state index contributed by atoms with van der Waals surface area (Å²) in [6.07, 6.45) is 0. The summed E-state index contributed by atoms with van der Waals surface area (Å²) in [5, 5.41) is 20.8. The van der Waals surface area contributed by atoms with E-state index in [0.717, 1.165) is 0 Å². The first-order chi connectivity index (χ1) is 12.4. The van der Waals surface area contributed by atoms with Gasteiger partial charge in [0.1, 0.15) is 11.5 Å². The van der Waals surface area contributed by atoms with Crippen molar-refractivity contribution >= 4 is 22.6 Å². The summed E-state index contributed by atoms with van der Waals surface area (Å²) in [5.74, 6) is -0.331. The minimum atomic E-state index is -1.14. The number of ether oxygens (including phenoxy) is 2. The Labute approximate surface area is 147 Å². The van der Waals surface area contributed by atoms with Crippen LogP contribution < -0.4 is 9.47 Å². The van der Waals surface area contributed by atoms with Gasteiger partial charge in [0.15, 0.2) is 0 Å². The molecular formula is C18H14N2O6. The van der Waals surface area contributed by atoms with Crippen LogP contribution in [-0.4, -0.2) is 35.2 Å². The molecule has 132 valence electrons. The van der Waals surface area contributed by atoms with Crippen LogP contribution in [0.25, 0.3) is 22.2 Å². The third-order valence-corrected chi connectivity index (χ3v) is 3.91. The van der Waals surface area contributed by atoms with Gasteiger partial charge in [0.25, 0.3) is 5.69 Å². The fraction of sp³-hybridized carbons (Fsp3) is 0.111. The quantitative estimate of drug-likeness (QED) is 0.551. The van der Waals surface area contributed by atoms with E-state index in [1.54, 1.807) is 12.1 Å². The lowest BCUT2D eigenvalue weighted by atomic mass is 10.0. The molecule has 8 heteroatoms. The third-order valence-electron chi connectivity index (χ3n) is 3.91. The smallest absolute Gasteiger partial charge is 0.336 e. The molecule has 0 fully saturated rings. The van der Waals surface area contributed by atoms with Crippen LogP contribution in [0.3, 0.4) is 0 Å². The SMILES string of the molecule is COc1cc(OC)c2c(C(=O)O)cc(-c3ccc([N+](=O)[O-])cc3)nc2c1. The largest absolute Gasteiger partial charge is 0.497 e. The molecule has 3 aromatic rings. The molecule has 0 unspecified atom stereocenters. The number of pyridine rings is 1. The van der Waals surface area contributed by atoms with Crippen LogP contribution in [0.4, 0.5) is 5.69 Å². The normalized spacial score (nSPS) is 10.5. The van der Waals surface area contributed by atoms with Gasteiger partial charge in [-0.05, 0) is 18.2 Å². The number of rotatable bonds is 5. The lowest BCUT2D eigenvalue weighted by Gasteiger charge is -2.12. The van der Waals surface area contributed by atoms with Crippen LogP contribution in [0.2, 0.25) is 0 Å². The van der Waals surface area contributed by atoms with Crippen molar-refractivity contribution in [2.24, 2.45) is 0 Å². The number of fused-ring (bicyclic) bond motifs is 1. The minimum absolute atomic E-state index is 0.0165. The first-order valence-electron chi connectivity index (χ1n) is 7.49. The highest BCUT2D eigenvalue weighted by Gasteiger charge is 2.18. The van der Waals surface area contributed by atoms with Crippen molar-refractivity contribution in [3.05, 3.63) is 58.1 Å². The van der Waals surface area contributed by atoms with E-state index in [9.17, 15) is 20.0 Å². The molecule has 0 radical (unpaired) electrons. The van der Waals surface area contributed by atoms with Gasteiger partial charge in [-0.2, -0.15) is 0 Å². The number of hydrogen-bond acceptors (Lipinski definition) is 6. The number of aromatic nitrogens is 1. The number of non-ortho nitro benzene ring substituents is 1. The Morgan fingerprint density at radius 1 is 1.12 bits per heavy atom. The molecule has 3 rings (SSSR count). The number of nitrogens with zero attached hydrogens (tertiary/aromatic N) is 2. The van der Waals surface area contributed by atoms with Gasteiger partial charge < -0.3 is 14.6 Å². The highest BCUT2D eigenvalue weighted by atomic mass is 16.6. The Kier molecular flexibility index (Phi) is 4.40. The number of carboxylic acids is 1.